The van der Waals surface area contributed by atoms with Crippen LogP contribution < -0.4 is 18.9 Å². The molecule has 4 rings (SSSR count). The monoisotopic (exact) mass is 367 g/mol. The molecule has 3 heterocycles. The smallest absolute Gasteiger partial charge is 0.213 e. The van der Waals surface area contributed by atoms with Gasteiger partial charge in [0.2, 0.25) is 11.6 Å². The fourth-order valence-corrected chi connectivity index (χ4v) is 3.19. The van der Waals surface area contributed by atoms with Crippen LogP contribution in [-0.4, -0.2) is 35.4 Å². The van der Waals surface area contributed by atoms with Gasteiger partial charge >= 0.3 is 0 Å². The lowest BCUT2D eigenvalue weighted by molar-refractivity contribution is 0.0862. The Labute approximate surface area is 157 Å². The van der Waals surface area contributed by atoms with E-state index in [-0.39, 0.29) is 6.10 Å². The van der Waals surface area contributed by atoms with Gasteiger partial charge in [0.1, 0.15) is 6.61 Å². The highest BCUT2D eigenvalue weighted by molar-refractivity contribution is 5.55. The summed E-state index contributed by atoms with van der Waals surface area (Å²) in [5.74, 6) is 2.51. The second-order valence-corrected chi connectivity index (χ2v) is 6.31. The van der Waals surface area contributed by atoms with Gasteiger partial charge in [0, 0.05) is 36.3 Å². The van der Waals surface area contributed by atoms with Crippen LogP contribution in [0.15, 0.2) is 43.0 Å². The van der Waals surface area contributed by atoms with Gasteiger partial charge in [-0.2, -0.15) is 0 Å². The molecule has 2 aromatic heterocycles. The summed E-state index contributed by atoms with van der Waals surface area (Å²) in [5.41, 5.74) is 2.86. The van der Waals surface area contributed by atoms with Crippen LogP contribution in [0.2, 0.25) is 0 Å². The van der Waals surface area contributed by atoms with Crippen molar-refractivity contribution >= 4 is 0 Å². The first kappa shape index (κ1) is 17.2. The van der Waals surface area contributed by atoms with Crippen molar-refractivity contribution in [2.45, 2.75) is 19.6 Å². The van der Waals surface area contributed by atoms with E-state index in [2.05, 4.69) is 9.97 Å². The Hall–Kier alpha value is -3.22. The molecular formula is C20H21N3O4. The Morgan fingerprint density at radius 1 is 1.22 bits per heavy atom. The Bertz CT molecular complexity index is 923. The molecule has 0 N–H and O–H groups in total. The highest BCUT2D eigenvalue weighted by Gasteiger charge is 2.28. The van der Waals surface area contributed by atoms with Gasteiger partial charge in [-0.15, -0.1) is 0 Å². The highest BCUT2D eigenvalue weighted by Crippen LogP contribution is 2.44. The Morgan fingerprint density at radius 2 is 2.11 bits per heavy atom. The van der Waals surface area contributed by atoms with Crippen LogP contribution in [0.1, 0.15) is 22.9 Å². The average Bonchev–Trinajstić information content (AvgIpc) is 3.20. The van der Waals surface area contributed by atoms with Crippen LogP contribution in [0, 0.1) is 6.92 Å². The number of methoxy groups -OCH3 is 2. The molecule has 3 aromatic rings. The van der Waals surface area contributed by atoms with Crippen molar-refractivity contribution in [3.63, 3.8) is 0 Å². The van der Waals surface area contributed by atoms with Gasteiger partial charge in [-0.25, -0.2) is 9.97 Å². The van der Waals surface area contributed by atoms with Gasteiger partial charge in [-0.1, -0.05) is 0 Å². The number of benzene rings is 1. The molecule has 0 fully saturated rings. The lowest BCUT2D eigenvalue weighted by atomic mass is 10.1. The highest BCUT2D eigenvalue weighted by atomic mass is 16.6. The van der Waals surface area contributed by atoms with E-state index >= 15 is 0 Å². The topological polar surface area (TPSA) is 67.6 Å². The number of ether oxygens (including phenoxy) is 4. The van der Waals surface area contributed by atoms with Crippen LogP contribution in [0.4, 0.5) is 0 Å². The minimum Gasteiger partial charge on any atom is -0.493 e. The molecule has 0 amide bonds. The Kier molecular flexibility index (Phi) is 4.58. The number of nitrogens with zero attached hydrogens (tertiary/aromatic N) is 3. The van der Waals surface area contributed by atoms with Gasteiger partial charge in [0.15, 0.2) is 17.6 Å². The molecular weight excluding hydrogens is 346 g/mol. The second-order valence-electron chi connectivity index (χ2n) is 6.31. The zero-order valence-corrected chi connectivity index (χ0v) is 15.5. The normalized spacial score (nSPS) is 15.4. The summed E-state index contributed by atoms with van der Waals surface area (Å²) in [5, 5.41) is 0. The maximum Gasteiger partial charge on any atom is 0.213 e. The molecule has 1 atom stereocenters. The summed E-state index contributed by atoms with van der Waals surface area (Å²) in [6.07, 6.45) is 5.19. The first-order chi connectivity index (χ1) is 13.2. The van der Waals surface area contributed by atoms with Crippen LogP contribution in [0.5, 0.6) is 23.1 Å². The fourth-order valence-electron chi connectivity index (χ4n) is 3.19. The summed E-state index contributed by atoms with van der Waals surface area (Å²) in [6.45, 7) is 3.01. The van der Waals surface area contributed by atoms with E-state index in [4.69, 9.17) is 18.9 Å². The van der Waals surface area contributed by atoms with E-state index in [1.54, 1.807) is 26.7 Å². The number of rotatable bonds is 5. The maximum atomic E-state index is 6.23. The van der Waals surface area contributed by atoms with E-state index in [0.29, 0.717) is 36.3 Å². The number of hydrogen-bond acceptors (Lipinski definition) is 6. The SMILES string of the molecule is COc1ccc(C2COc3cc(Cn4ccnc4)cc(OC)c3O2)c(C)n1. The fraction of sp³-hybridized carbons (Fsp3) is 0.300. The largest absolute Gasteiger partial charge is 0.493 e. The van der Waals surface area contributed by atoms with Gasteiger partial charge in [-0.05, 0) is 30.7 Å². The van der Waals surface area contributed by atoms with Gasteiger partial charge in [-0.3, -0.25) is 0 Å². The first-order valence-corrected chi connectivity index (χ1v) is 8.65. The number of fused-ring (bicyclic) bond motifs is 1. The van der Waals surface area contributed by atoms with Crippen molar-refractivity contribution in [1.82, 2.24) is 14.5 Å². The van der Waals surface area contributed by atoms with Crippen LogP contribution in [0.25, 0.3) is 0 Å². The predicted molar refractivity (Wildman–Crippen MR) is 98.7 cm³/mol. The van der Waals surface area contributed by atoms with Gasteiger partial charge in [0.25, 0.3) is 0 Å². The van der Waals surface area contributed by atoms with E-state index < -0.39 is 0 Å². The molecule has 1 aliphatic rings. The zero-order chi connectivity index (χ0) is 18.8. The summed E-state index contributed by atoms with van der Waals surface area (Å²) >= 11 is 0. The molecule has 27 heavy (non-hydrogen) atoms. The first-order valence-electron chi connectivity index (χ1n) is 8.65. The van der Waals surface area contributed by atoms with Crippen molar-refractivity contribution < 1.29 is 18.9 Å². The summed E-state index contributed by atoms with van der Waals surface area (Å²) < 4.78 is 25.0. The summed E-state index contributed by atoms with van der Waals surface area (Å²) in [4.78, 5) is 8.50. The van der Waals surface area contributed by atoms with Crippen molar-refractivity contribution in [2.24, 2.45) is 0 Å². The van der Waals surface area contributed by atoms with Crippen molar-refractivity contribution in [3.05, 3.63) is 59.8 Å². The molecule has 0 spiro atoms. The number of aromatic nitrogens is 3. The Morgan fingerprint density at radius 3 is 2.81 bits per heavy atom. The van der Waals surface area contributed by atoms with E-state index in [9.17, 15) is 0 Å². The third kappa shape index (κ3) is 3.40. The van der Waals surface area contributed by atoms with Crippen LogP contribution >= 0.6 is 0 Å². The third-order valence-electron chi connectivity index (χ3n) is 4.53. The molecule has 0 bridgehead atoms. The second kappa shape index (κ2) is 7.19. The maximum absolute atomic E-state index is 6.23. The van der Waals surface area contributed by atoms with Gasteiger partial charge < -0.3 is 23.5 Å². The summed E-state index contributed by atoms with van der Waals surface area (Å²) in [6, 6.07) is 7.73. The van der Waals surface area contributed by atoms with Crippen molar-refractivity contribution in [3.8, 4) is 23.1 Å². The van der Waals surface area contributed by atoms with E-state index in [1.807, 2.05) is 42.0 Å². The van der Waals surface area contributed by atoms with Gasteiger partial charge in [0.05, 0.1) is 20.5 Å². The summed E-state index contributed by atoms with van der Waals surface area (Å²) in [7, 11) is 3.23. The third-order valence-corrected chi connectivity index (χ3v) is 4.53. The molecule has 1 unspecified atom stereocenters. The molecule has 0 radical (unpaired) electrons. The molecule has 7 heteroatoms. The number of pyridine rings is 1. The molecule has 1 aliphatic heterocycles. The molecule has 140 valence electrons. The van der Waals surface area contributed by atoms with E-state index in [1.165, 1.54) is 0 Å². The average molecular weight is 367 g/mol. The van der Waals surface area contributed by atoms with Crippen LogP contribution in [-0.2, 0) is 6.54 Å². The molecule has 0 saturated heterocycles. The lowest BCUT2D eigenvalue weighted by Crippen LogP contribution is -2.23. The standard InChI is InChI=1S/C20H21N3O4/c1-13-15(4-5-19(22-13)25-3)18-11-26-17-9-14(10-23-7-6-21-12-23)8-16(24-2)20(17)27-18/h4-9,12,18H,10-11H2,1-3H3. The number of hydrogen-bond donors (Lipinski definition) is 0. The van der Waals surface area contributed by atoms with E-state index in [0.717, 1.165) is 16.8 Å². The molecule has 0 aliphatic carbocycles. The van der Waals surface area contributed by atoms with Crippen molar-refractivity contribution in [1.29, 1.82) is 0 Å². The minimum atomic E-state index is -0.260. The molecule has 7 nitrogen and oxygen atoms in total. The quantitative estimate of drug-likeness (QED) is 0.690. The lowest BCUT2D eigenvalue weighted by Gasteiger charge is -2.29. The zero-order valence-electron chi connectivity index (χ0n) is 15.5. The molecule has 1 aromatic carbocycles. The van der Waals surface area contributed by atoms with Crippen LogP contribution in [0.3, 0.4) is 0 Å². The number of aryl methyl sites for hydroxylation is 1. The number of imidazole rings is 1. The van der Waals surface area contributed by atoms with Crippen molar-refractivity contribution in [2.75, 3.05) is 20.8 Å². The minimum absolute atomic E-state index is 0.260. The molecule has 0 saturated carbocycles. The predicted octanol–water partition coefficient (Wildman–Crippen LogP) is 3.16. The Balaban J connectivity index is 1.62.